The number of hydrogen-bond donors (Lipinski definition) is 1. The van der Waals surface area contributed by atoms with Gasteiger partial charge in [0.15, 0.2) is 11.3 Å². The fourth-order valence-corrected chi connectivity index (χ4v) is 2.20. The van der Waals surface area contributed by atoms with Crippen molar-refractivity contribution in [1.29, 1.82) is 0 Å². The van der Waals surface area contributed by atoms with E-state index in [4.69, 9.17) is 13.9 Å². The Morgan fingerprint density at radius 3 is 2.57 bits per heavy atom. The van der Waals surface area contributed by atoms with Crippen molar-refractivity contribution in [3.05, 3.63) is 65.0 Å². The standard InChI is InChI=1S/C18H16O5/c19-15-12-17(20)23-18-14(15)8-4-9-16(18)22-11-5-10-21-13-6-2-1-3-7-13/h1-4,6-9,12,19H,5,10-11H2. The van der Waals surface area contributed by atoms with Crippen LogP contribution in [-0.4, -0.2) is 18.3 Å². The molecule has 0 radical (unpaired) electrons. The molecule has 118 valence electrons. The molecule has 3 rings (SSSR count). The van der Waals surface area contributed by atoms with Crippen LogP contribution in [0.5, 0.6) is 17.2 Å². The second-order valence-electron chi connectivity index (χ2n) is 4.95. The molecule has 5 heteroatoms. The van der Waals surface area contributed by atoms with Gasteiger partial charge in [-0.2, -0.15) is 0 Å². The molecule has 0 fully saturated rings. The van der Waals surface area contributed by atoms with E-state index in [2.05, 4.69) is 0 Å². The van der Waals surface area contributed by atoms with Gasteiger partial charge in [-0.1, -0.05) is 24.3 Å². The molecular weight excluding hydrogens is 296 g/mol. The second kappa shape index (κ2) is 6.87. The molecule has 2 aromatic carbocycles. The molecule has 0 bridgehead atoms. The molecular formula is C18H16O5. The van der Waals surface area contributed by atoms with Gasteiger partial charge in [0.25, 0.3) is 0 Å². The monoisotopic (exact) mass is 312 g/mol. The van der Waals surface area contributed by atoms with Gasteiger partial charge in [0, 0.05) is 6.42 Å². The number of fused-ring (bicyclic) bond motifs is 1. The topological polar surface area (TPSA) is 68.9 Å². The van der Waals surface area contributed by atoms with E-state index in [0.717, 1.165) is 11.8 Å². The van der Waals surface area contributed by atoms with Crippen LogP contribution in [0.3, 0.4) is 0 Å². The van der Waals surface area contributed by atoms with Gasteiger partial charge < -0.3 is 19.0 Å². The van der Waals surface area contributed by atoms with E-state index in [0.29, 0.717) is 30.8 Å². The maximum Gasteiger partial charge on any atom is 0.340 e. The lowest BCUT2D eigenvalue weighted by Crippen LogP contribution is -2.05. The zero-order valence-electron chi connectivity index (χ0n) is 12.4. The van der Waals surface area contributed by atoms with Gasteiger partial charge in [-0.05, 0) is 24.3 Å². The van der Waals surface area contributed by atoms with E-state index < -0.39 is 5.63 Å². The van der Waals surface area contributed by atoms with Crippen molar-refractivity contribution in [3.8, 4) is 17.2 Å². The SMILES string of the molecule is O=c1cc(O)c2cccc(OCCCOc3ccccc3)c2o1. The highest BCUT2D eigenvalue weighted by Gasteiger charge is 2.09. The van der Waals surface area contributed by atoms with Crippen molar-refractivity contribution in [2.45, 2.75) is 6.42 Å². The lowest BCUT2D eigenvalue weighted by atomic mass is 10.2. The summed E-state index contributed by atoms with van der Waals surface area (Å²) >= 11 is 0. The minimum Gasteiger partial charge on any atom is -0.507 e. The molecule has 1 N–H and O–H groups in total. The Balaban J connectivity index is 1.60. The highest BCUT2D eigenvalue weighted by atomic mass is 16.5. The summed E-state index contributed by atoms with van der Waals surface area (Å²) in [5, 5.41) is 10.2. The van der Waals surface area contributed by atoms with Crippen LogP contribution in [0.25, 0.3) is 11.0 Å². The van der Waals surface area contributed by atoms with Crippen LogP contribution in [0.1, 0.15) is 6.42 Å². The number of ether oxygens (including phenoxy) is 2. The van der Waals surface area contributed by atoms with Gasteiger partial charge in [-0.25, -0.2) is 4.79 Å². The normalized spacial score (nSPS) is 10.6. The average molecular weight is 312 g/mol. The van der Waals surface area contributed by atoms with Gasteiger partial charge >= 0.3 is 5.63 Å². The van der Waals surface area contributed by atoms with Gasteiger partial charge in [-0.3, -0.25) is 0 Å². The summed E-state index contributed by atoms with van der Waals surface area (Å²) in [4.78, 5) is 11.4. The van der Waals surface area contributed by atoms with Gasteiger partial charge in [0.1, 0.15) is 11.5 Å². The van der Waals surface area contributed by atoms with E-state index in [1.165, 1.54) is 0 Å². The number of aromatic hydroxyl groups is 1. The van der Waals surface area contributed by atoms with E-state index in [9.17, 15) is 9.90 Å². The maximum atomic E-state index is 11.4. The highest BCUT2D eigenvalue weighted by molar-refractivity contribution is 5.87. The fourth-order valence-electron chi connectivity index (χ4n) is 2.20. The molecule has 0 aliphatic heterocycles. The highest BCUT2D eigenvalue weighted by Crippen LogP contribution is 2.29. The van der Waals surface area contributed by atoms with E-state index >= 15 is 0 Å². The summed E-state index contributed by atoms with van der Waals surface area (Å²) < 4.78 is 16.3. The Bertz CT molecular complexity index is 839. The van der Waals surface area contributed by atoms with Crippen molar-refractivity contribution in [3.63, 3.8) is 0 Å². The second-order valence-corrected chi connectivity index (χ2v) is 4.95. The quantitative estimate of drug-likeness (QED) is 0.558. The summed E-state index contributed by atoms with van der Waals surface area (Å²) in [5.74, 6) is 1.12. The molecule has 0 atom stereocenters. The predicted molar refractivity (Wildman–Crippen MR) is 86.2 cm³/mol. The lowest BCUT2D eigenvalue weighted by molar-refractivity contribution is 0.247. The summed E-state index contributed by atoms with van der Waals surface area (Å²) in [7, 11) is 0. The molecule has 0 saturated carbocycles. The molecule has 0 aliphatic carbocycles. The van der Waals surface area contributed by atoms with Gasteiger partial charge in [0.05, 0.1) is 24.7 Å². The third-order valence-electron chi connectivity index (χ3n) is 3.27. The molecule has 0 saturated heterocycles. The number of para-hydroxylation sites is 2. The molecule has 23 heavy (non-hydrogen) atoms. The van der Waals surface area contributed by atoms with Crippen molar-refractivity contribution >= 4 is 11.0 Å². The Labute approximate surface area is 132 Å². The van der Waals surface area contributed by atoms with Crippen LogP contribution >= 0.6 is 0 Å². The van der Waals surface area contributed by atoms with E-state index in [-0.39, 0.29) is 11.3 Å². The van der Waals surface area contributed by atoms with Crippen molar-refractivity contribution in [2.24, 2.45) is 0 Å². The molecule has 1 aromatic heterocycles. The fraction of sp³-hybridized carbons (Fsp3) is 0.167. The van der Waals surface area contributed by atoms with Gasteiger partial charge in [0.2, 0.25) is 0 Å². The molecule has 3 aromatic rings. The molecule has 0 spiro atoms. The third-order valence-corrected chi connectivity index (χ3v) is 3.27. The first-order chi connectivity index (χ1) is 11.2. The minimum absolute atomic E-state index is 0.117. The van der Waals surface area contributed by atoms with Crippen LogP contribution in [0, 0.1) is 0 Å². The molecule has 0 unspecified atom stereocenters. The summed E-state index contributed by atoms with van der Waals surface area (Å²) in [6, 6.07) is 15.7. The number of benzene rings is 2. The Morgan fingerprint density at radius 2 is 1.74 bits per heavy atom. The largest absolute Gasteiger partial charge is 0.507 e. The first-order valence-corrected chi connectivity index (χ1v) is 7.30. The van der Waals surface area contributed by atoms with Crippen LogP contribution in [0.15, 0.2) is 63.8 Å². The predicted octanol–water partition coefficient (Wildman–Crippen LogP) is 3.35. The number of rotatable bonds is 6. The lowest BCUT2D eigenvalue weighted by Gasteiger charge is -2.09. The Kier molecular flexibility index (Phi) is 4.47. The third kappa shape index (κ3) is 3.63. The zero-order chi connectivity index (χ0) is 16.1. The van der Waals surface area contributed by atoms with Crippen LogP contribution < -0.4 is 15.1 Å². The van der Waals surface area contributed by atoms with Gasteiger partial charge in [-0.15, -0.1) is 0 Å². The zero-order valence-corrected chi connectivity index (χ0v) is 12.4. The summed E-state index contributed by atoms with van der Waals surface area (Å²) in [5.41, 5.74) is -0.361. The molecule has 0 amide bonds. The average Bonchev–Trinajstić information content (AvgIpc) is 2.56. The molecule has 5 nitrogen and oxygen atoms in total. The summed E-state index contributed by atoms with van der Waals surface area (Å²) in [6.45, 7) is 0.926. The minimum atomic E-state index is -0.613. The molecule has 1 heterocycles. The van der Waals surface area contributed by atoms with Crippen LogP contribution in [0.4, 0.5) is 0 Å². The smallest absolute Gasteiger partial charge is 0.340 e. The Morgan fingerprint density at radius 1 is 0.957 bits per heavy atom. The van der Waals surface area contributed by atoms with Crippen LogP contribution in [0.2, 0.25) is 0 Å². The first kappa shape index (κ1) is 15.0. The van der Waals surface area contributed by atoms with E-state index in [1.54, 1.807) is 18.2 Å². The number of hydrogen-bond acceptors (Lipinski definition) is 5. The van der Waals surface area contributed by atoms with E-state index in [1.807, 2.05) is 30.3 Å². The molecule has 0 aliphatic rings. The Hall–Kier alpha value is -2.95. The summed E-state index contributed by atoms with van der Waals surface area (Å²) in [6.07, 6.45) is 0.675. The van der Waals surface area contributed by atoms with Crippen LogP contribution in [-0.2, 0) is 0 Å². The van der Waals surface area contributed by atoms with Crippen molar-refractivity contribution in [2.75, 3.05) is 13.2 Å². The first-order valence-electron chi connectivity index (χ1n) is 7.30. The van der Waals surface area contributed by atoms with Crippen molar-refractivity contribution < 1.29 is 19.0 Å². The maximum absolute atomic E-state index is 11.4. The van der Waals surface area contributed by atoms with Crippen molar-refractivity contribution in [1.82, 2.24) is 0 Å².